The van der Waals surface area contributed by atoms with Crippen LogP contribution in [0.5, 0.6) is 0 Å². The smallest absolute Gasteiger partial charge is 0.309 e. The number of allylic oxidation sites excluding steroid dienone is 1. The highest BCUT2D eigenvalue weighted by Crippen LogP contribution is 2.65. The monoisotopic (exact) mass is 468 g/mol. The van der Waals surface area contributed by atoms with E-state index in [2.05, 4.69) is 27.7 Å². The van der Waals surface area contributed by atoms with Gasteiger partial charge in [0.15, 0.2) is 5.78 Å². The minimum Gasteiger partial charge on any atom is -0.462 e. The number of unbranched alkanes of at least 4 members (excludes halogenated alkanes) is 1. The van der Waals surface area contributed by atoms with E-state index in [4.69, 9.17) is 4.74 Å². The maximum atomic E-state index is 13.3. The fourth-order valence-corrected chi connectivity index (χ4v) is 9.70. The SMILES string of the molecule is CCCCC1CCC(C(=O)O[C@H]2CCC3C4C(C5CCC(=O)C=C5C[C@H]4C)[C@@H](C)CC32C)CC1. The molecule has 0 aliphatic heterocycles. The van der Waals surface area contributed by atoms with Crippen molar-refractivity contribution in [3.63, 3.8) is 0 Å². The van der Waals surface area contributed by atoms with Gasteiger partial charge < -0.3 is 4.74 Å². The van der Waals surface area contributed by atoms with Crippen molar-refractivity contribution >= 4 is 11.8 Å². The maximum absolute atomic E-state index is 13.3. The van der Waals surface area contributed by atoms with Gasteiger partial charge in [0, 0.05) is 11.8 Å². The summed E-state index contributed by atoms with van der Waals surface area (Å²) < 4.78 is 6.43. The Balaban J connectivity index is 1.26. The van der Waals surface area contributed by atoms with Gasteiger partial charge in [-0.1, -0.05) is 52.5 Å². The van der Waals surface area contributed by atoms with Crippen molar-refractivity contribution < 1.29 is 14.3 Å². The second-order valence-electron chi connectivity index (χ2n) is 13.3. The summed E-state index contributed by atoms with van der Waals surface area (Å²) in [5, 5.41) is 0. The number of carbonyl (C=O) groups is 2. The number of ketones is 1. The minimum absolute atomic E-state index is 0.100. The molecule has 34 heavy (non-hydrogen) atoms. The summed E-state index contributed by atoms with van der Waals surface area (Å²) in [6.07, 6.45) is 16.9. The third kappa shape index (κ3) is 4.32. The van der Waals surface area contributed by atoms with Gasteiger partial charge in [-0.15, -0.1) is 0 Å². The van der Waals surface area contributed by atoms with Crippen molar-refractivity contribution in [1.82, 2.24) is 0 Å². The summed E-state index contributed by atoms with van der Waals surface area (Å²) in [6.45, 7) is 9.62. The summed E-state index contributed by atoms with van der Waals surface area (Å²) in [5.74, 6) is 5.36. The highest BCUT2D eigenvalue weighted by molar-refractivity contribution is 5.91. The number of esters is 1. The molecule has 0 aromatic rings. The van der Waals surface area contributed by atoms with Crippen LogP contribution >= 0.6 is 0 Å². The van der Waals surface area contributed by atoms with E-state index in [1.54, 1.807) is 0 Å². The molecule has 8 atom stereocenters. The zero-order valence-electron chi connectivity index (χ0n) is 22.2. The van der Waals surface area contributed by atoms with E-state index < -0.39 is 0 Å². The molecular weight excluding hydrogens is 420 g/mol. The molecular formula is C31H48O3. The highest BCUT2D eigenvalue weighted by atomic mass is 16.5. The Bertz CT molecular complexity index is 805. The lowest BCUT2D eigenvalue weighted by Gasteiger charge is -2.58. The van der Waals surface area contributed by atoms with Gasteiger partial charge in [-0.2, -0.15) is 0 Å². The summed E-state index contributed by atoms with van der Waals surface area (Å²) in [5.41, 5.74) is 1.57. The van der Waals surface area contributed by atoms with Crippen molar-refractivity contribution in [3.8, 4) is 0 Å². The normalized spacial score (nSPS) is 46.2. The van der Waals surface area contributed by atoms with Crippen LogP contribution in [0.1, 0.15) is 111 Å². The average molecular weight is 469 g/mol. The third-order valence-corrected chi connectivity index (χ3v) is 11.3. The lowest BCUT2D eigenvalue weighted by molar-refractivity contribution is -0.168. The fraction of sp³-hybridized carbons (Fsp3) is 0.871. The van der Waals surface area contributed by atoms with Crippen LogP contribution in [0.15, 0.2) is 11.6 Å². The Hall–Kier alpha value is -1.12. The number of rotatable bonds is 5. The molecule has 4 saturated carbocycles. The number of carbonyl (C=O) groups excluding carboxylic acids is 2. The predicted molar refractivity (Wildman–Crippen MR) is 136 cm³/mol. The van der Waals surface area contributed by atoms with Crippen molar-refractivity contribution in [2.24, 2.45) is 52.8 Å². The molecule has 0 N–H and O–H groups in total. The fourth-order valence-electron chi connectivity index (χ4n) is 9.70. The first kappa shape index (κ1) is 24.6. The van der Waals surface area contributed by atoms with Crippen molar-refractivity contribution in [1.29, 1.82) is 0 Å². The van der Waals surface area contributed by atoms with Gasteiger partial charge in [-0.05, 0) is 105 Å². The maximum Gasteiger partial charge on any atom is 0.309 e. The number of fused-ring (bicyclic) bond motifs is 5. The van der Waals surface area contributed by atoms with Gasteiger partial charge in [-0.25, -0.2) is 0 Å². The van der Waals surface area contributed by atoms with Gasteiger partial charge in [0.05, 0.1) is 5.92 Å². The second-order valence-corrected chi connectivity index (χ2v) is 13.3. The lowest BCUT2D eigenvalue weighted by Crippen LogP contribution is -2.54. The van der Waals surface area contributed by atoms with Gasteiger partial charge in [0.1, 0.15) is 6.10 Å². The van der Waals surface area contributed by atoms with Crippen molar-refractivity contribution in [3.05, 3.63) is 11.6 Å². The largest absolute Gasteiger partial charge is 0.462 e. The molecule has 0 heterocycles. The summed E-state index contributed by atoms with van der Waals surface area (Å²) in [4.78, 5) is 25.4. The molecule has 5 aliphatic carbocycles. The van der Waals surface area contributed by atoms with E-state index in [0.29, 0.717) is 41.3 Å². The topological polar surface area (TPSA) is 43.4 Å². The van der Waals surface area contributed by atoms with Crippen LogP contribution in [0.3, 0.4) is 0 Å². The predicted octanol–water partition coefficient (Wildman–Crippen LogP) is 7.53. The molecule has 190 valence electrons. The molecule has 3 heteroatoms. The van der Waals surface area contributed by atoms with Crippen LogP contribution in [0.2, 0.25) is 0 Å². The number of hydrogen-bond donors (Lipinski definition) is 0. The molecule has 5 rings (SSSR count). The Labute approximate surface area is 207 Å². The first-order valence-corrected chi connectivity index (χ1v) is 14.8. The van der Waals surface area contributed by atoms with E-state index in [9.17, 15) is 9.59 Å². The molecule has 3 nitrogen and oxygen atoms in total. The molecule has 0 bridgehead atoms. The van der Waals surface area contributed by atoms with E-state index in [-0.39, 0.29) is 23.4 Å². The number of hydrogen-bond acceptors (Lipinski definition) is 3. The van der Waals surface area contributed by atoms with Gasteiger partial charge in [0.2, 0.25) is 0 Å². The molecule has 0 amide bonds. The third-order valence-electron chi connectivity index (χ3n) is 11.3. The highest BCUT2D eigenvalue weighted by Gasteiger charge is 2.61. The first-order valence-electron chi connectivity index (χ1n) is 14.8. The van der Waals surface area contributed by atoms with Gasteiger partial charge >= 0.3 is 5.97 Å². The molecule has 0 spiro atoms. The summed E-state index contributed by atoms with van der Waals surface area (Å²) in [7, 11) is 0. The zero-order valence-corrected chi connectivity index (χ0v) is 22.2. The molecule has 5 unspecified atom stereocenters. The van der Waals surface area contributed by atoms with E-state index in [0.717, 1.165) is 44.4 Å². The molecule has 4 fully saturated rings. The van der Waals surface area contributed by atoms with Crippen LogP contribution in [-0.4, -0.2) is 17.9 Å². The van der Waals surface area contributed by atoms with E-state index >= 15 is 0 Å². The number of ether oxygens (including phenoxy) is 1. The van der Waals surface area contributed by atoms with Crippen LogP contribution in [-0.2, 0) is 14.3 Å². The first-order chi connectivity index (χ1) is 16.3. The zero-order chi connectivity index (χ0) is 24.0. The van der Waals surface area contributed by atoms with Crippen LogP contribution in [0, 0.1) is 52.8 Å². The quantitative estimate of drug-likeness (QED) is 0.392. The van der Waals surface area contributed by atoms with Crippen molar-refractivity contribution in [2.45, 2.75) is 117 Å². The molecule has 0 aromatic carbocycles. The molecule has 0 radical (unpaired) electrons. The molecule has 0 saturated heterocycles. The summed E-state index contributed by atoms with van der Waals surface area (Å²) in [6, 6.07) is 0. The minimum atomic E-state index is 0.100. The Morgan fingerprint density at radius 2 is 1.79 bits per heavy atom. The van der Waals surface area contributed by atoms with Crippen LogP contribution in [0.4, 0.5) is 0 Å². The average Bonchev–Trinajstić information content (AvgIpc) is 3.12. The molecule has 0 aromatic heterocycles. The standard InChI is InChI=1S/C31H48O3/c1-5-6-7-21-8-10-22(11-9-21)30(33)34-27-15-14-26-29-19(2)16-23-17-24(32)12-13-25(23)28(29)20(3)18-31(26,27)4/h17,19-22,25-29H,5-16,18H2,1-4H3/t19-,20+,21?,22?,25?,26?,27+,28?,29?,31?/m1/s1. The van der Waals surface area contributed by atoms with Crippen LogP contribution in [0.25, 0.3) is 0 Å². The van der Waals surface area contributed by atoms with E-state index in [1.165, 1.54) is 50.5 Å². The molecule has 5 aliphatic rings. The Morgan fingerprint density at radius 1 is 1.03 bits per heavy atom. The Morgan fingerprint density at radius 3 is 2.53 bits per heavy atom. The van der Waals surface area contributed by atoms with Crippen molar-refractivity contribution in [2.75, 3.05) is 0 Å². The van der Waals surface area contributed by atoms with Gasteiger partial charge in [-0.3, -0.25) is 9.59 Å². The van der Waals surface area contributed by atoms with E-state index in [1.807, 2.05) is 6.08 Å². The lowest BCUT2D eigenvalue weighted by atomic mass is 9.47. The second kappa shape index (κ2) is 9.74. The summed E-state index contributed by atoms with van der Waals surface area (Å²) >= 11 is 0. The van der Waals surface area contributed by atoms with Crippen LogP contribution < -0.4 is 0 Å². The van der Waals surface area contributed by atoms with Gasteiger partial charge in [0.25, 0.3) is 0 Å². The Kier molecular flexibility index (Phi) is 7.04.